The normalized spacial score (nSPS) is 15.4. The van der Waals surface area contributed by atoms with Gasteiger partial charge in [0.15, 0.2) is 23.3 Å². The Morgan fingerprint density at radius 1 is 0.262 bits per heavy atom. The third kappa shape index (κ3) is 17.7. The fourth-order valence-electron chi connectivity index (χ4n) is 22.0. The van der Waals surface area contributed by atoms with E-state index in [4.69, 9.17) is 1.37 Å². The smallest absolute Gasteiger partial charge is 0.220 e. The van der Waals surface area contributed by atoms with Gasteiger partial charge in [-0.15, -0.1) is 0 Å². The van der Waals surface area contributed by atoms with Crippen LogP contribution in [0.3, 0.4) is 0 Å². The summed E-state index contributed by atoms with van der Waals surface area (Å²) in [4.78, 5) is 17.2. The summed E-state index contributed by atoms with van der Waals surface area (Å²) in [6.07, 6.45) is 43.8. The van der Waals surface area contributed by atoms with E-state index in [0.29, 0.717) is 23.9 Å². The van der Waals surface area contributed by atoms with E-state index in [1.807, 2.05) is 79.9 Å². The maximum absolute atomic E-state index is 8.83. The highest BCUT2D eigenvalue weighted by molar-refractivity contribution is 6.00. The molecule has 634 valence electrons. The van der Waals surface area contributed by atoms with Gasteiger partial charge in [-0.2, -0.15) is 13.7 Å². The van der Waals surface area contributed by atoms with Crippen LogP contribution in [0.1, 0.15) is 239 Å². The Morgan fingerprint density at radius 3 is 0.952 bits per heavy atom. The van der Waals surface area contributed by atoms with Crippen molar-refractivity contribution in [2.45, 2.75) is 220 Å². The molecular formula is C118H126N8+4. The van der Waals surface area contributed by atoms with Gasteiger partial charge in [-0.3, -0.25) is 19.9 Å². The second-order valence-corrected chi connectivity index (χ2v) is 37.6. The average molecular weight is 1660 g/mol. The van der Waals surface area contributed by atoms with Crippen molar-refractivity contribution >= 4 is 43.1 Å². The number of aromatic nitrogens is 8. The number of benzene rings is 8. The SMILES string of the molecule is Cc1cc(C2CCCC2)cc(-c2c3ccc(-c4cccnc4)cc3cc(C)[n+]2C)c1C.Cc1ccc(C2CCCC2)cc1-c1c2ccc(-c3cccnc3)cc2cc(C)[n+]1C.Cc1ccc(C2CCCCC2)cc1-c1c2ccc(-c3cccnc3)cc2cc(C)[n+]1C.[2H]c1cc2cc(-c3cccnc3)ccc2c(-c2cc(C3CCCC3)cc(C3CCCC3)c2C)[n+]1C. The first-order valence-electron chi connectivity index (χ1n) is 47.7. The predicted octanol–water partition coefficient (Wildman–Crippen LogP) is 28.7. The van der Waals surface area contributed by atoms with Gasteiger partial charge in [0, 0.05) is 128 Å². The third-order valence-corrected chi connectivity index (χ3v) is 29.7. The van der Waals surface area contributed by atoms with Crippen molar-refractivity contribution in [3.63, 3.8) is 0 Å². The average Bonchev–Trinajstić information content (AvgIpc) is 1.28. The zero-order valence-corrected chi connectivity index (χ0v) is 76.6. The highest BCUT2D eigenvalue weighted by Crippen LogP contribution is 2.47. The maximum Gasteiger partial charge on any atom is 0.220 e. The number of fused-ring (bicyclic) bond motifs is 4. The first-order valence-corrected chi connectivity index (χ1v) is 47.2. The molecule has 0 saturated heterocycles. The largest absolute Gasteiger partial charge is 0.264 e. The molecule has 8 heterocycles. The van der Waals surface area contributed by atoms with Crippen molar-refractivity contribution in [3.8, 4) is 89.5 Å². The van der Waals surface area contributed by atoms with E-state index in [2.05, 4.69) is 298 Å². The molecule has 0 N–H and O–H groups in total. The van der Waals surface area contributed by atoms with Crippen LogP contribution in [0.2, 0.25) is 0 Å². The highest BCUT2D eigenvalue weighted by Gasteiger charge is 2.32. The molecule has 0 amide bonds. The fourth-order valence-corrected chi connectivity index (χ4v) is 22.0. The summed E-state index contributed by atoms with van der Waals surface area (Å²) in [7, 11) is 8.66. The van der Waals surface area contributed by atoms with Crippen molar-refractivity contribution in [2.24, 2.45) is 28.2 Å². The molecule has 126 heavy (non-hydrogen) atoms. The minimum atomic E-state index is 0.545. The van der Waals surface area contributed by atoms with Crippen LogP contribution in [-0.4, -0.2) is 19.9 Å². The molecule has 0 unspecified atom stereocenters. The van der Waals surface area contributed by atoms with E-state index in [1.54, 1.807) is 5.56 Å². The molecule has 0 atom stereocenters. The van der Waals surface area contributed by atoms with Gasteiger partial charge in [-0.25, -0.2) is 4.57 Å². The molecule has 5 aliphatic rings. The standard InChI is InChI=1S/C32H35N2.2C29H31N2.C28H29N2/c1-22-30(24-10-5-6-11-24)19-28(23-8-3-4-9-23)20-31(22)32-29-14-13-25(27-12-7-16-33-21-27)18-26(29)15-17-34(32)2;1-19-14-25(22-8-5-6-9-22)17-28(21(19)3)29-27-12-11-23(24-10-7-13-30-18-24)16-26(27)15-20(2)31(29)4;1-20-11-12-24(22-8-5-4-6-9-22)18-28(20)29-27-14-13-23(25-10-7-15-30-19-25)17-26(27)16-21(2)31(29)3;1-19-10-11-23(21-7-4-5-8-21)17-27(19)28-26-13-12-22(24-9-6-14-29-18-24)16-25(26)15-20(2)30(28)3/h7,12-21,23-24H,3-6,8-11H2,1-2H3;7,10-18,22H,5-6,8-9H2,1-4H3;7,10-19,22H,4-6,8-9H2,1-3H3;6,9-18,21H,4-5,7-8H2,1-3H3/q4*+1/i17D;;;. The van der Waals surface area contributed by atoms with E-state index in [1.165, 1.54) is 301 Å². The van der Waals surface area contributed by atoms with E-state index in [-0.39, 0.29) is 0 Å². The second kappa shape index (κ2) is 37.7. The van der Waals surface area contributed by atoms with Crippen molar-refractivity contribution in [1.29, 1.82) is 0 Å². The predicted molar refractivity (Wildman–Crippen MR) is 524 cm³/mol. The van der Waals surface area contributed by atoms with Crippen LogP contribution < -0.4 is 18.3 Å². The summed E-state index contributed by atoms with van der Waals surface area (Å²) in [6, 6.07) is 76.9. The highest BCUT2D eigenvalue weighted by atomic mass is 15.0. The molecule has 21 rings (SSSR count). The molecule has 5 fully saturated rings. The molecule has 0 radical (unpaired) electrons. The second-order valence-electron chi connectivity index (χ2n) is 37.6. The monoisotopic (exact) mass is 1660 g/mol. The van der Waals surface area contributed by atoms with Crippen molar-refractivity contribution in [1.82, 2.24) is 19.9 Å². The molecule has 8 aromatic heterocycles. The number of hydrogen-bond acceptors (Lipinski definition) is 4. The van der Waals surface area contributed by atoms with Crippen LogP contribution in [0, 0.1) is 55.4 Å². The van der Waals surface area contributed by atoms with Gasteiger partial charge in [-0.1, -0.05) is 156 Å². The van der Waals surface area contributed by atoms with Gasteiger partial charge in [0.25, 0.3) is 0 Å². The molecule has 0 aliphatic heterocycles. The Morgan fingerprint density at radius 2 is 0.579 bits per heavy atom. The molecule has 8 nitrogen and oxygen atoms in total. The molecule has 8 aromatic carbocycles. The summed E-state index contributed by atoms with van der Waals surface area (Å²) in [5.74, 6) is 3.52. The van der Waals surface area contributed by atoms with Crippen LogP contribution in [0.4, 0.5) is 0 Å². The third-order valence-electron chi connectivity index (χ3n) is 29.7. The number of pyridine rings is 8. The Balaban J connectivity index is 0.000000115. The van der Waals surface area contributed by atoms with Crippen molar-refractivity contribution in [2.75, 3.05) is 0 Å². The van der Waals surface area contributed by atoms with Gasteiger partial charge in [0.1, 0.15) is 29.6 Å². The molecular weight excluding hydrogens is 1530 g/mol. The lowest BCUT2D eigenvalue weighted by Gasteiger charge is -2.23. The minimum absolute atomic E-state index is 0.545. The fraction of sp³-hybridized carbons (Fsp3) is 0.322. The maximum atomic E-state index is 8.83. The zero-order valence-electron chi connectivity index (χ0n) is 77.6. The topological polar surface area (TPSA) is 67.1 Å². The minimum Gasteiger partial charge on any atom is -0.264 e. The van der Waals surface area contributed by atoms with Crippen LogP contribution in [0.25, 0.3) is 133 Å². The summed E-state index contributed by atoms with van der Waals surface area (Å²) in [5.41, 5.74) is 38.3. The van der Waals surface area contributed by atoms with E-state index < -0.39 is 0 Å². The van der Waals surface area contributed by atoms with Gasteiger partial charge in [0.2, 0.25) is 22.8 Å². The Labute approximate surface area is 750 Å². The molecule has 16 aromatic rings. The molecule has 0 spiro atoms. The van der Waals surface area contributed by atoms with Gasteiger partial charge < -0.3 is 0 Å². The lowest BCUT2D eigenvalue weighted by Crippen LogP contribution is -2.35. The van der Waals surface area contributed by atoms with Crippen LogP contribution in [0.5, 0.6) is 0 Å². The summed E-state index contributed by atoms with van der Waals surface area (Å²) < 4.78 is 18.0. The molecule has 8 heteroatoms. The Bertz CT molecular complexity index is 6730. The first kappa shape index (κ1) is 83.5. The summed E-state index contributed by atoms with van der Waals surface area (Å²) >= 11 is 0. The van der Waals surface area contributed by atoms with Gasteiger partial charge in [-0.05, 0) is 325 Å². The number of aryl methyl sites for hydroxylation is 6. The van der Waals surface area contributed by atoms with Crippen LogP contribution in [0.15, 0.2) is 262 Å². The van der Waals surface area contributed by atoms with Crippen LogP contribution >= 0.6 is 0 Å². The Kier molecular flexibility index (Phi) is 25.0. The van der Waals surface area contributed by atoms with Gasteiger partial charge >= 0.3 is 0 Å². The van der Waals surface area contributed by atoms with Crippen molar-refractivity contribution in [3.05, 3.63) is 335 Å². The number of rotatable bonds is 13. The molecule has 0 bridgehead atoms. The number of hydrogen-bond donors (Lipinski definition) is 0. The quantitative estimate of drug-likeness (QED) is 0.108. The lowest BCUT2D eigenvalue weighted by atomic mass is 9.82. The van der Waals surface area contributed by atoms with Gasteiger partial charge in [0.05, 0.1) is 32.7 Å². The van der Waals surface area contributed by atoms with E-state index >= 15 is 0 Å². The Hall–Kier alpha value is -12.0. The van der Waals surface area contributed by atoms with Crippen molar-refractivity contribution < 1.29 is 19.6 Å². The summed E-state index contributed by atoms with van der Waals surface area (Å²) in [6.45, 7) is 18.0. The molecule has 5 aliphatic carbocycles. The number of nitrogens with zero attached hydrogens (tertiary/aromatic N) is 8. The lowest BCUT2D eigenvalue weighted by molar-refractivity contribution is -0.665. The first-order chi connectivity index (χ1) is 61.9. The van der Waals surface area contributed by atoms with E-state index in [9.17, 15) is 0 Å². The molecule has 5 saturated carbocycles. The zero-order chi connectivity index (χ0) is 87.5. The summed E-state index contributed by atoms with van der Waals surface area (Å²) in [5, 5.41) is 10.1. The van der Waals surface area contributed by atoms with E-state index in [0.717, 1.165) is 45.0 Å². The van der Waals surface area contributed by atoms with Crippen LogP contribution in [-0.2, 0) is 28.2 Å².